The summed E-state index contributed by atoms with van der Waals surface area (Å²) < 4.78 is 5.15. The van der Waals surface area contributed by atoms with Gasteiger partial charge in [0.1, 0.15) is 12.1 Å². The molecule has 1 saturated heterocycles. The largest absolute Gasteiger partial charge is 0.450 e. The van der Waals surface area contributed by atoms with Gasteiger partial charge < -0.3 is 25.2 Å². The Hall–Kier alpha value is -4.47. The van der Waals surface area contributed by atoms with Gasteiger partial charge >= 0.3 is 6.09 Å². The monoisotopic (exact) mass is 484 g/mol. The molecule has 3 heterocycles. The first-order valence-corrected chi connectivity index (χ1v) is 12.0. The minimum Gasteiger partial charge on any atom is -0.450 e. The third-order valence-electron chi connectivity index (χ3n) is 5.88. The first kappa shape index (κ1) is 23.3. The molecule has 1 fully saturated rings. The zero-order valence-electron chi connectivity index (χ0n) is 20.3. The van der Waals surface area contributed by atoms with Gasteiger partial charge in [-0.3, -0.25) is 0 Å². The van der Waals surface area contributed by atoms with E-state index in [1.165, 1.54) is 0 Å². The molecular formula is C26H28N8O2. The lowest BCUT2D eigenvalue weighted by Crippen LogP contribution is -2.49. The molecule has 0 saturated carbocycles. The van der Waals surface area contributed by atoms with Gasteiger partial charge in [0.2, 0.25) is 0 Å². The second-order valence-electron chi connectivity index (χ2n) is 8.43. The number of carbonyl (C=O) groups is 1. The number of para-hydroxylation sites is 2. The Bertz CT molecular complexity index is 1350. The lowest BCUT2D eigenvalue weighted by Gasteiger charge is -2.35. The van der Waals surface area contributed by atoms with Crippen LogP contribution >= 0.6 is 0 Å². The van der Waals surface area contributed by atoms with Crippen LogP contribution in [0.15, 0.2) is 60.9 Å². The van der Waals surface area contributed by atoms with E-state index >= 15 is 0 Å². The molecule has 0 bridgehead atoms. The number of ether oxygens (including phenoxy) is 1. The number of piperazine rings is 1. The molecule has 5 rings (SSSR count). The number of anilines is 5. The van der Waals surface area contributed by atoms with Crippen molar-refractivity contribution >= 4 is 46.0 Å². The Balaban J connectivity index is 1.36. The number of fused-ring (bicyclic) bond motifs is 1. The van der Waals surface area contributed by atoms with Gasteiger partial charge in [0, 0.05) is 49.3 Å². The lowest BCUT2D eigenvalue weighted by molar-refractivity contribution is 0.105. The normalized spacial score (nSPS) is 13.5. The summed E-state index contributed by atoms with van der Waals surface area (Å²) in [7, 11) is 0. The van der Waals surface area contributed by atoms with Gasteiger partial charge in [-0.15, -0.1) is 0 Å². The summed E-state index contributed by atoms with van der Waals surface area (Å²) in [5.74, 6) is 2.18. The first-order valence-electron chi connectivity index (χ1n) is 12.0. The highest BCUT2D eigenvalue weighted by molar-refractivity contribution is 5.82. The molecule has 0 radical (unpaired) electrons. The van der Waals surface area contributed by atoms with Crippen molar-refractivity contribution in [2.45, 2.75) is 13.8 Å². The number of nitrogens with one attached hydrogen (secondary N) is 2. The zero-order valence-corrected chi connectivity index (χ0v) is 20.3. The van der Waals surface area contributed by atoms with Crippen LogP contribution in [0.5, 0.6) is 0 Å². The molecule has 184 valence electrons. The molecule has 1 aliphatic rings. The van der Waals surface area contributed by atoms with Crippen LogP contribution in [0.3, 0.4) is 0 Å². The number of rotatable bonds is 6. The lowest BCUT2D eigenvalue weighted by atomic mass is 10.2. The van der Waals surface area contributed by atoms with Crippen LogP contribution in [-0.4, -0.2) is 63.7 Å². The first-order chi connectivity index (χ1) is 17.6. The van der Waals surface area contributed by atoms with Gasteiger partial charge in [-0.25, -0.2) is 24.7 Å². The zero-order chi connectivity index (χ0) is 24.9. The summed E-state index contributed by atoms with van der Waals surface area (Å²) in [6.45, 7) is 6.53. The SMILES string of the molecule is CCOC(=O)N1CCN(c2nc3ccccc3nc2Nc2ccc(Nc3cc(C)ncn3)cc2)CC1. The molecule has 1 amide bonds. The van der Waals surface area contributed by atoms with E-state index in [0.29, 0.717) is 38.6 Å². The molecule has 0 atom stereocenters. The van der Waals surface area contributed by atoms with Crippen molar-refractivity contribution in [1.82, 2.24) is 24.8 Å². The van der Waals surface area contributed by atoms with Crippen LogP contribution in [-0.2, 0) is 4.74 Å². The Morgan fingerprint density at radius 1 is 0.917 bits per heavy atom. The maximum atomic E-state index is 12.1. The Morgan fingerprint density at radius 3 is 2.25 bits per heavy atom. The highest BCUT2D eigenvalue weighted by Crippen LogP contribution is 2.29. The van der Waals surface area contributed by atoms with E-state index in [4.69, 9.17) is 14.7 Å². The van der Waals surface area contributed by atoms with Crippen molar-refractivity contribution in [3.63, 3.8) is 0 Å². The number of hydrogen-bond donors (Lipinski definition) is 2. The maximum Gasteiger partial charge on any atom is 0.409 e. The van der Waals surface area contributed by atoms with Gasteiger partial charge in [-0.05, 0) is 50.2 Å². The Morgan fingerprint density at radius 2 is 1.58 bits per heavy atom. The fourth-order valence-corrected chi connectivity index (χ4v) is 4.06. The van der Waals surface area contributed by atoms with E-state index in [0.717, 1.165) is 39.7 Å². The summed E-state index contributed by atoms with van der Waals surface area (Å²) in [4.78, 5) is 34.2. The minimum atomic E-state index is -0.272. The number of hydrogen-bond acceptors (Lipinski definition) is 9. The summed E-state index contributed by atoms with van der Waals surface area (Å²) in [6.07, 6.45) is 1.27. The number of benzene rings is 2. The summed E-state index contributed by atoms with van der Waals surface area (Å²) in [6, 6.07) is 17.6. The quantitative estimate of drug-likeness (QED) is 0.409. The van der Waals surface area contributed by atoms with Crippen LogP contribution in [0.4, 0.5) is 33.6 Å². The summed E-state index contributed by atoms with van der Waals surface area (Å²) >= 11 is 0. The van der Waals surface area contributed by atoms with Crippen LogP contribution in [0, 0.1) is 6.92 Å². The summed E-state index contributed by atoms with van der Waals surface area (Å²) in [5.41, 5.74) is 4.34. The van der Waals surface area contributed by atoms with Crippen LogP contribution in [0.25, 0.3) is 11.0 Å². The van der Waals surface area contributed by atoms with E-state index in [2.05, 4.69) is 25.5 Å². The average molecular weight is 485 g/mol. The van der Waals surface area contributed by atoms with Gasteiger partial charge in [-0.1, -0.05) is 12.1 Å². The molecule has 0 spiro atoms. The molecule has 10 nitrogen and oxygen atoms in total. The topological polar surface area (TPSA) is 108 Å². The van der Waals surface area contributed by atoms with Gasteiger partial charge in [0.05, 0.1) is 17.6 Å². The van der Waals surface area contributed by atoms with Crippen molar-refractivity contribution in [1.29, 1.82) is 0 Å². The number of carbonyl (C=O) groups excluding carboxylic acids is 1. The van der Waals surface area contributed by atoms with Gasteiger partial charge in [0.25, 0.3) is 0 Å². The van der Waals surface area contributed by atoms with Gasteiger partial charge in [-0.2, -0.15) is 0 Å². The predicted octanol–water partition coefficient (Wildman–Crippen LogP) is 4.49. The maximum absolute atomic E-state index is 12.1. The standard InChI is InChI=1S/C26H28N8O2/c1-3-36-26(35)34-14-12-33(13-15-34)25-24(31-21-6-4-5-7-22(21)32-25)30-20-10-8-19(9-11-20)29-23-16-18(2)27-17-28-23/h4-11,16-17H,3,12-15H2,1-2H3,(H,30,31)(H,27,28,29). The van der Waals surface area contributed by atoms with E-state index < -0.39 is 0 Å². The van der Waals surface area contributed by atoms with Crippen molar-refractivity contribution in [3.8, 4) is 0 Å². The average Bonchev–Trinajstić information content (AvgIpc) is 2.90. The predicted molar refractivity (Wildman–Crippen MR) is 140 cm³/mol. The molecule has 36 heavy (non-hydrogen) atoms. The highest BCUT2D eigenvalue weighted by atomic mass is 16.6. The highest BCUT2D eigenvalue weighted by Gasteiger charge is 2.25. The summed E-state index contributed by atoms with van der Waals surface area (Å²) in [5, 5.41) is 6.73. The second-order valence-corrected chi connectivity index (χ2v) is 8.43. The molecule has 10 heteroatoms. The molecule has 1 aliphatic heterocycles. The van der Waals surface area contributed by atoms with Crippen LogP contribution in [0.2, 0.25) is 0 Å². The molecular weight excluding hydrogens is 456 g/mol. The van der Waals surface area contributed by atoms with E-state index in [1.807, 2.05) is 68.4 Å². The van der Waals surface area contributed by atoms with E-state index in [1.54, 1.807) is 11.2 Å². The second kappa shape index (κ2) is 10.4. The molecule has 4 aromatic rings. The fourth-order valence-electron chi connectivity index (χ4n) is 4.06. The molecule has 2 aromatic heterocycles. The van der Waals surface area contributed by atoms with E-state index in [9.17, 15) is 4.79 Å². The smallest absolute Gasteiger partial charge is 0.409 e. The van der Waals surface area contributed by atoms with E-state index in [-0.39, 0.29) is 6.09 Å². The number of aromatic nitrogens is 4. The molecule has 2 aromatic carbocycles. The Kier molecular flexibility index (Phi) is 6.74. The molecule has 0 unspecified atom stereocenters. The fraction of sp³-hybridized carbons (Fsp3) is 0.269. The van der Waals surface area contributed by atoms with Crippen molar-refractivity contribution in [2.24, 2.45) is 0 Å². The van der Waals surface area contributed by atoms with Crippen molar-refractivity contribution < 1.29 is 9.53 Å². The number of amides is 1. The number of aryl methyl sites for hydroxylation is 1. The molecule has 0 aliphatic carbocycles. The third-order valence-corrected chi connectivity index (χ3v) is 5.88. The van der Waals surface area contributed by atoms with Crippen LogP contribution < -0.4 is 15.5 Å². The van der Waals surface area contributed by atoms with Crippen LogP contribution in [0.1, 0.15) is 12.6 Å². The van der Waals surface area contributed by atoms with Crippen molar-refractivity contribution in [3.05, 3.63) is 66.6 Å². The Labute approximate surface area is 209 Å². The third kappa shape index (κ3) is 5.27. The molecule has 2 N–H and O–H groups in total. The number of nitrogens with zero attached hydrogens (tertiary/aromatic N) is 6. The minimum absolute atomic E-state index is 0.272. The van der Waals surface area contributed by atoms with Crippen molar-refractivity contribution in [2.75, 3.05) is 48.3 Å². The van der Waals surface area contributed by atoms with Gasteiger partial charge in [0.15, 0.2) is 11.6 Å².